The molecular formula is C12H17N3S. The van der Waals surface area contributed by atoms with Crippen LogP contribution in [0.2, 0.25) is 0 Å². The third-order valence-electron chi connectivity index (χ3n) is 2.45. The Morgan fingerprint density at radius 1 is 1.38 bits per heavy atom. The van der Waals surface area contributed by atoms with E-state index in [0.717, 1.165) is 24.7 Å². The first kappa shape index (κ1) is 11.2. The molecule has 0 atom stereocenters. The summed E-state index contributed by atoms with van der Waals surface area (Å²) in [5.41, 5.74) is 1.06. The van der Waals surface area contributed by atoms with Crippen LogP contribution in [0.15, 0.2) is 18.3 Å². The lowest BCUT2D eigenvalue weighted by atomic mass is 10.4. The number of imidazole rings is 1. The highest BCUT2D eigenvalue weighted by atomic mass is 32.1. The van der Waals surface area contributed by atoms with Gasteiger partial charge in [0.15, 0.2) is 0 Å². The molecule has 0 saturated carbocycles. The van der Waals surface area contributed by atoms with E-state index < -0.39 is 0 Å². The van der Waals surface area contributed by atoms with Gasteiger partial charge < -0.3 is 9.88 Å². The van der Waals surface area contributed by atoms with E-state index in [1.807, 2.05) is 18.3 Å². The quantitative estimate of drug-likeness (QED) is 0.882. The highest BCUT2D eigenvalue weighted by Crippen LogP contribution is 2.17. The number of aromatic nitrogens is 2. The average Bonchev–Trinajstić information content (AvgIpc) is 2.81. The molecule has 16 heavy (non-hydrogen) atoms. The number of anilines is 1. The molecule has 0 bridgehead atoms. The number of thiophene rings is 1. The summed E-state index contributed by atoms with van der Waals surface area (Å²) in [6.45, 7) is 8.08. The van der Waals surface area contributed by atoms with Gasteiger partial charge in [0.25, 0.3) is 0 Å². The fourth-order valence-corrected chi connectivity index (χ4v) is 2.51. The van der Waals surface area contributed by atoms with E-state index in [-0.39, 0.29) is 0 Å². The lowest BCUT2D eigenvalue weighted by molar-refractivity contribution is 0.763. The second-order valence-electron chi connectivity index (χ2n) is 3.86. The molecule has 0 radical (unpaired) electrons. The molecule has 0 aliphatic heterocycles. The molecule has 2 rings (SSSR count). The zero-order chi connectivity index (χ0) is 11.5. The molecule has 0 unspecified atom stereocenters. The Hall–Kier alpha value is -1.29. The van der Waals surface area contributed by atoms with Crippen molar-refractivity contribution in [3.05, 3.63) is 33.8 Å². The number of aryl methyl sites for hydroxylation is 3. The maximum absolute atomic E-state index is 4.46. The average molecular weight is 235 g/mol. The lowest BCUT2D eigenvalue weighted by Gasteiger charge is -2.05. The molecule has 0 saturated heterocycles. The highest BCUT2D eigenvalue weighted by molar-refractivity contribution is 7.11. The van der Waals surface area contributed by atoms with Gasteiger partial charge in [-0.15, -0.1) is 11.3 Å². The summed E-state index contributed by atoms with van der Waals surface area (Å²) in [4.78, 5) is 7.16. The van der Waals surface area contributed by atoms with Gasteiger partial charge in [-0.1, -0.05) is 0 Å². The molecule has 2 aromatic heterocycles. The summed E-state index contributed by atoms with van der Waals surface area (Å²) >= 11 is 1.83. The summed E-state index contributed by atoms with van der Waals surface area (Å²) in [7, 11) is 0. The Morgan fingerprint density at radius 2 is 2.19 bits per heavy atom. The minimum absolute atomic E-state index is 0.856. The minimum Gasteiger partial charge on any atom is -0.351 e. The van der Waals surface area contributed by atoms with E-state index in [4.69, 9.17) is 0 Å². The van der Waals surface area contributed by atoms with E-state index in [2.05, 4.69) is 47.0 Å². The Bertz CT molecular complexity index is 470. The van der Waals surface area contributed by atoms with Crippen LogP contribution in [0.5, 0.6) is 0 Å². The van der Waals surface area contributed by atoms with Crippen LogP contribution < -0.4 is 5.32 Å². The number of nitrogens with one attached hydrogen (secondary N) is 1. The zero-order valence-electron chi connectivity index (χ0n) is 9.95. The van der Waals surface area contributed by atoms with E-state index in [0.29, 0.717) is 0 Å². The third kappa shape index (κ3) is 2.44. The molecule has 86 valence electrons. The molecule has 0 fully saturated rings. The first-order chi connectivity index (χ1) is 7.69. The van der Waals surface area contributed by atoms with Crippen molar-refractivity contribution in [1.82, 2.24) is 9.55 Å². The summed E-state index contributed by atoms with van der Waals surface area (Å²) in [5, 5.41) is 3.38. The van der Waals surface area contributed by atoms with Gasteiger partial charge in [-0.05, 0) is 32.9 Å². The molecule has 0 aliphatic carbocycles. The van der Waals surface area contributed by atoms with Gasteiger partial charge in [0.1, 0.15) is 0 Å². The molecular weight excluding hydrogens is 218 g/mol. The lowest BCUT2D eigenvalue weighted by Crippen LogP contribution is -2.05. The van der Waals surface area contributed by atoms with Crippen molar-refractivity contribution in [1.29, 1.82) is 0 Å². The van der Waals surface area contributed by atoms with E-state index in [1.54, 1.807) is 0 Å². The molecule has 0 aliphatic rings. The molecule has 0 spiro atoms. The first-order valence-electron chi connectivity index (χ1n) is 5.52. The molecule has 0 amide bonds. The first-order valence-corrected chi connectivity index (χ1v) is 6.33. The van der Waals surface area contributed by atoms with Crippen molar-refractivity contribution < 1.29 is 0 Å². The normalized spacial score (nSPS) is 10.7. The summed E-state index contributed by atoms with van der Waals surface area (Å²) in [5.74, 6) is 0.964. The van der Waals surface area contributed by atoms with Crippen LogP contribution in [0.4, 0.5) is 5.95 Å². The van der Waals surface area contributed by atoms with Crippen LogP contribution >= 0.6 is 11.3 Å². The SMILES string of the molecule is CCn1cc(C)nc1NCc1ccc(C)s1. The van der Waals surface area contributed by atoms with Crippen molar-refractivity contribution in [3.63, 3.8) is 0 Å². The van der Waals surface area contributed by atoms with Gasteiger partial charge in [-0.2, -0.15) is 0 Å². The summed E-state index contributed by atoms with van der Waals surface area (Å²) in [6.07, 6.45) is 2.07. The van der Waals surface area contributed by atoms with Crippen LogP contribution in [-0.2, 0) is 13.1 Å². The summed E-state index contributed by atoms with van der Waals surface area (Å²) in [6, 6.07) is 4.32. The topological polar surface area (TPSA) is 29.9 Å². The monoisotopic (exact) mass is 235 g/mol. The van der Waals surface area contributed by atoms with Crippen molar-refractivity contribution in [2.45, 2.75) is 33.9 Å². The number of hydrogen-bond donors (Lipinski definition) is 1. The van der Waals surface area contributed by atoms with Crippen molar-refractivity contribution in [3.8, 4) is 0 Å². The maximum atomic E-state index is 4.46. The van der Waals surface area contributed by atoms with Crippen molar-refractivity contribution in [2.24, 2.45) is 0 Å². The van der Waals surface area contributed by atoms with Crippen LogP contribution in [0.25, 0.3) is 0 Å². The van der Waals surface area contributed by atoms with Gasteiger partial charge in [-0.25, -0.2) is 4.98 Å². The smallest absolute Gasteiger partial charge is 0.203 e. The van der Waals surface area contributed by atoms with E-state index >= 15 is 0 Å². The summed E-state index contributed by atoms with van der Waals surface area (Å²) < 4.78 is 2.13. The largest absolute Gasteiger partial charge is 0.351 e. The predicted octanol–water partition coefficient (Wildman–Crippen LogP) is 3.19. The standard InChI is InChI=1S/C12H17N3S/c1-4-15-8-9(2)14-12(15)13-7-11-6-5-10(3)16-11/h5-6,8H,4,7H2,1-3H3,(H,13,14). The van der Waals surface area contributed by atoms with Crippen LogP contribution in [0, 0.1) is 13.8 Å². The number of nitrogens with zero attached hydrogens (tertiary/aromatic N) is 2. The zero-order valence-corrected chi connectivity index (χ0v) is 10.8. The van der Waals surface area contributed by atoms with E-state index in [1.165, 1.54) is 9.75 Å². The third-order valence-corrected chi connectivity index (χ3v) is 3.46. The van der Waals surface area contributed by atoms with E-state index in [9.17, 15) is 0 Å². The molecule has 4 heteroatoms. The van der Waals surface area contributed by atoms with Crippen molar-refractivity contribution >= 4 is 17.3 Å². The molecule has 3 nitrogen and oxygen atoms in total. The Labute approximate surface area is 100 Å². The molecule has 2 heterocycles. The van der Waals surface area contributed by atoms with Crippen LogP contribution in [-0.4, -0.2) is 9.55 Å². The highest BCUT2D eigenvalue weighted by Gasteiger charge is 2.04. The van der Waals surface area contributed by atoms with Gasteiger partial charge in [0.05, 0.1) is 12.2 Å². The molecule has 2 aromatic rings. The Morgan fingerprint density at radius 3 is 2.81 bits per heavy atom. The number of rotatable bonds is 4. The fraction of sp³-hybridized carbons (Fsp3) is 0.417. The second-order valence-corrected chi connectivity index (χ2v) is 5.23. The van der Waals surface area contributed by atoms with Crippen molar-refractivity contribution in [2.75, 3.05) is 5.32 Å². The minimum atomic E-state index is 0.856. The van der Waals surface area contributed by atoms with Crippen LogP contribution in [0.3, 0.4) is 0 Å². The predicted molar refractivity (Wildman–Crippen MR) is 69.0 cm³/mol. The second kappa shape index (κ2) is 4.70. The number of hydrogen-bond acceptors (Lipinski definition) is 3. The van der Waals surface area contributed by atoms with Gasteiger partial charge >= 0.3 is 0 Å². The van der Waals surface area contributed by atoms with Gasteiger partial charge in [-0.3, -0.25) is 0 Å². The Kier molecular flexibility index (Phi) is 3.29. The van der Waals surface area contributed by atoms with Gasteiger partial charge in [0.2, 0.25) is 5.95 Å². The van der Waals surface area contributed by atoms with Crippen LogP contribution in [0.1, 0.15) is 22.4 Å². The fourth-order valence-electron chi connectivity index (χ4n) is 1.68. The van der Waals surface area contributed by atoms with Gasteiger partial charge in [0, 0.05) is 22.5 Å². The maximum Gasteiger partial charge on any atom is 0.203 e. The Balaban J connectivity index is 2.04. The molecule has 1 N–H and O–H groups in total. The molecule has 0 aromatic carbocycles.